The Labute approximate surface area is 175 Å². The first-order valence-corrected chi connectivity index (χ1v) is 11.9. The van der Waals surface area contributed by atoms with Crippen molar-refractivity contribution in [3.63, 3.8) is 0 Å². The lowest BCUT2D eigenvalue weighted by Crippen LogP contribution is -2.49. The fourth-order valence-corrected chi connectivity index (χ4v) is 6.15. The summed E-state index contributed by atoms with van der Waals surface area (Å²) in [7, 11) is 0. The molecule has 1 saturated heterocycles. The molecule has 2 aromatic heterocycles. The number of halogens is 1. The summed E-state index contributed by atoms with van der Waals surface area (Å²) in [5, 5.41) is 0. The monoisotopic (exact) mass is 469 g/mol. The molecular formula is C18H24BrN5OS2. The van der Waals surface area contributed by atoms with Gasteiger partial charge in [-0.25, -0.2) is 15.0 Å². The van der Waals surface area contributed by atoms with Crippen molar-refractivity contribution in [1.82, 2.24) is 19.7 Å². The maximum absolute atomic E-state index is 12.8. The molecule has 0 radical (unpaired) electrons. The van der Waals surface area contributed by atoms with Gasteiger partial charge in [-0.05, 0) is 56.0 Å². The van der Waals surface area contributed by atoms with E-state index in [1.165, 1.54) is 10.6 Å². The number of nitrogens with zero attached hydrogens (tertiary/aromatic N) is 4. The first-order valence-electron chi connectivity index (χ1n) is 9.11. The zero-order valence-corrected chi connectivity index (χ0v) is 19.0. The average Bonchev–Trinajstić information content (AvgIpc) is 3.17. The summed E-state index contributed by atoms with van der Waals surface area (Å²) in [6, 6.07) is 0.109. The van der Waals surface area contributed by atoms with Gasteiger partial charge in [0, 0.05) is 34.7 Å². The highest BCUT2D eigenvalue weighted by molar-refractivity contribution is 9.10. The van der Waals surface area contributed by atoms with E-state index in [1.54, 1.807) is 17.5 Å². The molecule has 0 amide bonds. The summed E-state index contributed by atoms with van der Waals surface area (Å²) in [4.78, 5) is 16.9. The van der Waals surface area contributed by atoms with E-state index in [0.717, 1.165) is 42.8 Å². The van der Waals surface area contributed by atoms with Crippen molar-refractivity contribution in [2.45, 2.75) is 50.8 Å². The number of hydrogen-bond acceptors (Lipinski definition) is 7. The van der Waals surface area contributed by atoms with E-state index in [0.29, 0.717) is 0 Å². The molecule has 2 aromatic rings. The Morgan fingerprint density at radius 1 is 1.26 bits per heavy atom. The Bertz CT molecular complexity index is 799. The van der Waals surface area contributed by atoms with Crippen LogP contribution < -0.4 is 9.62 Å². The Hall–Kier alpha value is -0.740. The predicted octanol–water partition coefficient (Wildman–Crippen LogP) is 3.63. The minimum atomic E-state index is -1.11. The van der Waals surface area contributed by atoms with Crippen LogP contribution in [-0.4, -0.2) is 37.3 Å². The van der Waals surface area contributed by atoms with Gasteiger partial charge >= 0.3 is 0 Å². The SMILES string of the molecule is CC(C)(C)[S@@+]([O-])N[C@@H]1c2scnc2CC12CCN(c1cnc(Br)cn1)CC2. The second kappa shape index (κ2) is 7.26. The summed E-state index contributed by atoms with van der Waals surface area (Å²) in [6.07, 6.45) is 6.57. The lowest BCUT2D eigenvalue weighted by molar-refractivity contribution is 0.176. The van der Waals surface area contributed by atoms with Gasteiger partial charge in [0.1, 0.15) is 15.2 Å². The fraction of sp³-hybridized carbons (Fsp3) is 0.611. The second-order valence-corrected chi connectivity index (χ2v) is 12.0. The minimum absolute atomic E-state index is 0.0790. The highest BCUT2D eigenvalue weighted by Crippen LogP contribution is 2.53. The molecule has 146 valence electrons. The van der Waals surface area contributed by atoms with Crippen LogP contribution in [0, 0.1) is 5.41 Å². The number of piperidine rings is 1. The fourth-order valence-electron chi connectivity index (χ4n) is 3.94. The normalized spacial score (nSPS) is 22.9. The van der Waals surface area contributed by atoms with Crippen LogP contribution in [0.1, 0.15) is 50.2 Å². The van der Waals surface area contributed by atoms with Crippen LogP contribution in [0.2, 0.25) is 0 Å². The van der Waals surface area contributed by atoms with Crippen LogP contribution in [0.3, 0.4) is 0 Å². The van der Waals surface area contributed by atoms with Crippen molar-refractivity contribution in [3.8, 4) is 0 Å². The molecule has 0 saturated carbocycles. The van der Waals surface area contributed by atoms with Crippen molar-refractivity contribution in [3.05, 3.63) is 33.1 Å². The lowest BCUT2D eigenvalue weighted by Gasteiger charge is -2.43. The standard InChI is InChI=1S/C18H24BrN5OS2/c1-17(2,3)27(25)23-16-15-12(22-11-26-15)8-18(16)4-6-24(7-5-18)14-10-20-13(19)9-21-14/h9-11,16,23H,4-8H2,1-3H3/t16-,27-/m1/s1. The van der Waals surface area contributed by atoms with E-state index in [4.69, 9.17) is 0 Å². The van der Waals surface area contributed by atoms with Gasteiger partial charge in [-0.3, -0.25) is 0 Å². The molecule has 4 rings (SSSR count). The summed E-state index contributed by atoms with van der Waals surface area (Å²) >= 11 is 3.93. The van der Waals surface area contributed by atoms with Crippen LogP contribution in [0.15, 0.2) is 22.5 Å². The van der Waals surface area contributed by atoms with Gasteiger partial charge in [0.2, 0.25) is 0 Å². The van der Waals surface area contributed by atoms with E-state index < -0.39 is 11.4 Å². The summed E-state index contributed by atoms with van der Waals surface area (Å²) in [6.45, 7) is 7.89. The van der Waals surface area contributed by atoms with Crippen molar-refractivity contribution in [2.75, 3.05) is 18.0 Å². The van der Waals surface area contributed by atoms with Gasteiger partial charge in [-0.15, -0.1) is 16.1 Å². The van der Waals surface area contributed by atoms with Crippen LogP contribution in [-0.2, 0) is 17.8 Å². The van der Waals surface area contributed by atoms with Gasteiger partial charge in [0.15, 0.2) is 0 Å². The Morgan fingerprint density at radius 2 is 2.00 bits per heavy atom. The zero-order valence-electron chi connectivity index (χ0n) is 15.7. The van der Waals surface area contributed by atoms with Gasteiger partial charge in [0.25, 0.3) is 0 Å². The molecule has 2 atom stereocenters. The highest BCUT2D eigenvalue weighted by Gasteiger charge is 2.52. The average molecular weight is 470 g/mol. The third-order valence-corrected chi connectivity index (χ3v) is 8.45. The van der Waals surface area contributed by atoms with E-state index in [9.17, 15) is 4.55 Å². The molecule has 6 nitrogen and oxygen atoms in total. The first-order chi connectivity index (χ1) is 12.8. The molecule has 27 heavy (non-hydrogen) atoms. The number of aromatic nitrogens is 3. The molecule has 1 fully saturated rings. The Morgan fingerprint density at radius 3 is 2.63 bits per heavy atom. The lowest BCUT2D eigenvalue weighted by atomic mass is 9.74. The number of anilines is 1. The first kappa shape index (κ1) is 19.6. The molecule has 0 unspecified atom stereocenters. The molecule has 1 aliphatic carbocycles. The summed E-state index contributed by atoms with van der Waals surface area (Å²) < 4.78 is 16.8. The van der Waals surface area contributed by atoms with E-state index >= 15 is 0 Å². The van der Waals surface area contributed by atoms with Crippen molar-refractivity contribution >= 4 is 44.4 Å². The Kier molecular flexibility index (Phi) is 5.26. The molecule has 1 aliphatic heterocycles. The van der Waals surface area contributed by atoms with Gasteiger partial charge in [0.05, 0.1) is 29.6 Å². The van der Waals surface area contributed by atoms with Gasteiger partial charge < -0.3 is 9.45 Å². The van der Waals surface area contributed by atoms with Gasteiger partial charge in [-0.1, -0.05) is 0 Å². The number of hydrogen-bond donors (Lipinski definition) is 1. The molecular weight excluding hydrogens is 446 g/mol. The smallest absolute Gasteiger partial charge is 0.147 e. The molecule has 1 spiro atoms. The van der Waals surface area contributed by atoms with E-state index in [1.807, 2.05) is 32.5 Å². The molecule has 1 N–H and O–H groups in total. The van der Waals surface area contributed by atoms with Gasteiger partial charge in [-0.2, -0.15) is 0 Å². The minimum Gasteiger partial charge on any atom is -0.598 e. The maximum Gasteiger partial charge on any atom is 0.147 e. The molecule has 2 aliphatic rings. The zero-order chi connectivity index (χ0) is 19.2. The predicted molar refractivity (Wildman–Crippen MR) is 113 cm³/mol. The van der Waals surface area contributed by atoms with E-state index in [2.05, 4.69) is 40.5 Å². The number of fused-ring (bicyclic) bond motifs is 1. The molecule has 3 heterocycles. The quantitative estimate of drug-likeness (QED) is 0.691. The molecule has 0 aromatic carbocycles. The van der Waals surface area contributed by atoms with Crippen molar-refractivity contribution < 1.29 is 4.55 Å². The number of nitrogens with one attached hydrogen (secondary N) is 1. The van der Waals surface area contributed by atoms with Crippen LogP contribution >= 0.6 is 27.3 Å². The topological polar surface area (TPSA) is 77.0 Å². The largest absolute Gasteiger partial charge is 0.598 e. The molecule has 0 bridgehead atoms. The highest BCUT2D eigenvalue weighted by atomic mass is 79.9. The number of thiazole rings is 1. The van der Waals surface area contributed by atoms with E-state index in [-0.39, 0.29) is 16.2 Å². The third kappa shape index (κ3) is 3.76. The second-order valence-electron chi connectivity index (χ2n) is 8.32. The van der Waals surface area contributed by atoms with Crippen LogP contribution in [0.4, 0.5) is 5.82 Å². The Balaban J connectivity index is 1.53. The number of rotatable bonds is 3. The summed E-state index contributed by atoms with van der Waals surface area (Å²) in [5.74, 6) is 0.918. The van der Waals surface area contributed by atoms with Crippen molar-refractivity contribution in [1.29, 1.82) is 0 Å². The molecule has 9 heteroatoms. The van der Waals surface area contributed by atoms with Crippen molar-refractivity contribution in [2.24, 2.45) is 5.41 Å². The van der Waals surface area contributed by atoms with Crippen LogP contribution in [0.5, 0.6) is 0 Å². The van der Waals surface area contributed by atoms with Crippen LogP contribution in [0.25, 0.3) is 0 Å². The third-order valence-electron chi connectivity index (χ3n) is 5.54. The summed E-state index contributed by atoms with van der Waals surface area (Å²) in [5.41, 5.74) is 3.18. The maximum atomic E-state index is 12.8.